The maximum absolute atomic E-state index is 8.44. The summed E-state index contributed by atoms with van der Waals surface area (Å²) in [7, 11) is 0. The highest BCUT2D eigenvalue weighted by molar-refractivity contribution is 6.17. The van der Waals surface area contributed by atoms with Gasteiger partial charge in [0.05, 0.1) is 52.9 Å². The van der Waals surface area contributed by atoms with E-state index in [0.29, 0.717) is 58.7 Å². The van der Waals surface area contributed by atoms with Crippen LogP contribution in [-0.4, -0.2) is 70.4 Å². The van der Waals surface area contributed by atoms with Crippen molar-refractivity contribution >= 4 is 11.6 Å². The average Bonchev–Trinajstić information content (AvgIpc) is 2.35. The number of aliphatic hydroxyl groups excluding tert-OH is 1. The van der Waals surface area contributed by atoms with Crippen LogP contribution in [0.25, 0.3) is 0 Å². The van der Waals surface area contributed by atoms with Crippen molar-refractivity contribution in [3.63, 3.8) is 0 Å². The third kappa shape index (κ3) is 16.1. The Morgan fingerprint density at radius 3 is 1.47 bits per heavy atom. The molecule has 0 radical (unpaired) electrons. The van der Waals surface area contributed by atoms with Gasteiger partial charge in [-0.1, -0.05) is 0 Å². The molecule has 0 saturated heterocycles. The zero-order valence-electron chi connectivity index (χ0n) is 10.2. The van der Waals surface area contributed by atoms with Gasteiger partial charge >= 0.3 is 0 Å². The largest absolute Gasteiger partial charge is 0.394 e. The lowest BCUT2D eigenvalue weighted by Crippen LogP contribution is -2.12. The number of ether oxygens (including phenoxy) is 4. The van der Waals surface area contributed by atoms with Gasteiger partial charge in [0.15, 0.2) is 0 Å². The molecule has 0 aliphatic rings. The van der Waals surface area contributed by atoms with E-state index < -0.39 is 0 Å². The molecule has 5 nitrogen and oxygen atoms in total. The summed E-state index contributed by atoms with van der Waals surface area (Å²) >= 11 is 5.49. The van der Waals surface area contributed by atoms with Crippen LogP contribution in [0.5, 0.6) is 0 Å². The van der Waals surface area contributed by atoms with Gasteiger partial charge in [-0.15, -0.1) is 11.6 Å². The first-order valence-electron chi connectivity index (χ1n) is 5.89. The highest BCUT2D eigenvalue weighted by atomic mass is 35.5. The van der Waals surface area contributed by atoms with Crippen LogP contribution in [0, 0.1) is 0 Å². The van der Waals surface area contributed by atoms with Gasteiger partial charge in [-0.25, -0.2) is 0 Å². The van der Waals surface area contributed by atoms with Crippen molar-refractivity contribution in [2.24, 2.45) is 0 Å². The molecule has 0 fully saturated rings. The molecule has 0 rings (SSSR count). The van der Waals surface area contributed by atoms with Gasteiger partial charge in [-0.3, -0.25) is 0 Å². The van der Waals surface area contributed by atoms with E-state index in [1.807, 2.05) is 0 Å². The fraction of sp³-hybridized carbons (Fsp3) is 1.00. The van der Waals surface area contributed by atoms with Crippen LogP contribution in [0.3, 0.4) is 0 Å². The molecule has 17 heavy (non-hydrogen) atoms. The molecule has 0 spiro atoms. The molecule has 0 unspecified atom stereocenters. The van der Waals surface area contributed by atoms with Gasteiger partial charge in [-0.05, 0) is 6.42 Å². The zero-order valence-corrected chi connectivity index (χ0v) is 11.0. The molecule has 104 valence electrons. The Bertz CT molecular complexity index is 123. The monoisotopic (exact) mass is 270 g/mol. The van der Waals surface area contributed by atoms with Gasteiger partial charge < -0.3 is 24.1 Å². The number of hydrogen-bond acceptors (Lipinski definition) is 5. The summed E-state index contributed by atoms with van der Waals surface area (Å²) in [4.78, 5) is 0. The van der Waals surface area contributed by atoms with Crippen LogP contribution >= 0.6 is 11.6 Å². The van der Waals surface area contributed by atoms with Crippen LogP contribution in [0.2, 0.25) is 0 Å². The number of hydrogen-bond donors (Lipinski definition) is 1. The van der Waals surface area contributed by atoms with E-state index in [1.165, 1.54) is 0 Å². The Morgan fingerprint density at radius 1 is 0.647 bits per heavy atom. The standard InChI is InChI=1S/C11H23ClO5/c12-2-1-4-14-6-8-16-10-11-17-9-7-15-5-3-13/h13H,1-11H2. The van der Waals surface area contributed by atoms with Crippen molar-refractivity contribution in [1.82, 2.24) is 0 Å². The summed E-state index contributed by atoms with van der Waals surface area (Å²) in [5.74, 6) is 0.632. The first kappa shape index (κ1) is 17.1. The normalized spacial score (nSPS) is 10.9. The Kier molecular flexibility index (Phi) is 16.2. The summed E-state index contributed by atoms with van der Waals surface area (Å²) in [6.07, 6.45) is 0.874. The molecular weight excluding hydrogens is 248 g/mol. The third-order valence-corrected chi connectivity index (χ3v) is 2.04. The molecule has 0 heterocycles. The number of halogens is 1. The minimum Gasteiger partial charge on any atom is -0.394 e. The van der Waals surface area contributed by atoms with Gasteiger partial charge in [0, 0.05) is 12.5 Å². The van der Waals surface area contributed by atoms with Crippen molar-refractivity contribution in [2.75, 3.05) is 65.3 Å². The highest BCUT2D eigenvalue weighted by Gasteiger charge is 1.92. The van der Waals surface area contributed by atoms with Gasteiger partial charge in [0.25, 0.3) is 0 Å². The first-order valence-corrected chi connectivity index (χ1v) is 6.43. The summed E-state index contributed by atoms with van der Waals surface area (Å²) in [5, 5.41) is 8.44. The number of rotatable bonds is 14. The first-order chi connectivity index (χ1) is 8.41. The fourth-order valence-corrected chi connectivity index (χ4v) is 1.09. The lowest BCUT2D eigenvalue weighted by Gasteiger charge is -2.06. The van der Waals surface area contributed by atoms with Gasteiger partial charge in [0.1, 0.15) is 0 Å². The third-order valence-electron chi connectivity index (χ3n) is 1.77. The Balaban J connectivity index is 2.85. The van der Waals surface area contributed by atoms with E-state index >= 15 is 0 Å². The summed E-state index contributed by atoms with van der Waals surface area (Å²) in [6, 6.07) is 0. The number of aliphatic hydroxyl groups is 1. The van der Waals surface area contributed by atoms with E-state index in [4.69, 9.17) is 35.7 Å². The van der Waals surface area contributed by atoms with Crippen LogP contribution in [-0.2, 0) is 18.9 Å². The van der Waals surface area contributed by atoms with Crippen molar-refractivity contribution in [3.8, 4) is 0 Å². The SMILES string of the molecule is OCCOCCOCCOCCOCCCCl. The molecule has 0 aliphatic carbocycles. The summed E-state index contributed by atoms with van der Waals surface area (Å²) < 4.78 is 20.8. The predicted octanol–water partition coefficient (Wildman–Crippen LogP) is 0.674. The molecule has 0 aliphatic heterocycles. The van der Waals surface area contributed by atoms with E-state index in [0.717, 1.165) is 6.42 Å². The van der Waals surface area contributed by atoms with Crippen molar-refractivity contribution in [1.29, 1.82) is 0 Å². The van der Waals surface area contributed by atoms with Gasteiger partial charge in [0.2, 0.25) is 0 Å². The molecule has 0 aromatic heterocycles. The molecule has 0 atom stereocenters. The van der Waals surface area contributed by atoms with E-state index in [9.17, 15) is 0 Å². The molecule has 0 aromatic rings. The Morgan fingerprint density at radius 2 is 1.06 bits per heavy atom. The Labute approximate surface area is 108 Å². The quantitative estimate of drug-likeness (QED) is 0.371. The maximum atomic E-state index is 8.44. The number of alkyl halides is 1. The molecular formula is C11H23ClO5. The predicted molar refractivity (Wildman–Crippen MR) is 65.7 cm³/mol. The molecule has 1 N–H and O–H groups in total. The molecule has 0 saturated carbocycles. The van der Waals surface area contributed by atoms with Crippen molar-refractivity contribution < 1.29 is 24.1 Å². The lowest BCUT2D eigenvalue weighted by molar-refractivity contribution is -0.00537. The minimum atomic E-state index is 0.0484. The maximum Gasteiger partial charge on any atom is 0.0701 e. The van der Waals surface area contributed by atoms with Crippen molar-refractivity contribution in [3.05, 3.63) is 0 Å². The van der Waals surface area contributed by atoms with Crippen LogP contribution < -0.4 is 0 Å². The van der Waals surface area contributed by atoms with E-state index in [2.05, 4.69) is 0 Å². The smallest absolute Gasteiger partial charge is 0.0701 e. The topological polar surface area (TPSA) is 57.2 Å². The van der Waals surface area contributed by atoms with Crippen molar-refractivity contribution in [2.45, 2.75) is 6.42 Å². The van der Waals surface area contributed by atoms with E-state index in [1.54, 1.807) is 0 Å². The minimum absolute atomic E-state index is 0.0484. The summed E-state index contributed by atoms with van der Waals surface area (Å²) in [6.45, 7) is 4.39. The molecule has 0 bridgehead atoms. The zero-order chi connectivity index (χ0) is 12.6. The Hall–Kier alpha value is 0.0900. The fourth-order valence-electron chi connectivity index (χ4n) is 0.983. The molecule has 0 amide bonds. The second-order valence-corrected chi connectivity index (χ2v) is 3.59. The van der Waals surface area contributed by atoms with Gasteiger partial charge in [-0.2, -0.15) is 0 Å². The lowest BCUT2D eigenvalue weighted by atomic mass is 10.5. The molecule has 0 aromatic carbocycles. The summed E-state index contributed by atoms with van der Waals surface area (Å²) in [5.41, 5.74) is 0. The second-order valence-electron chi connectivity index (χ2n) is 3.22. The van der Waals surface area contributed by atoms with Crippen LogP contribution in [0.1, 0.15) is 6.42 Å². The average molecular weight is 271 g/mol. The van der Waals surface area contributed by atoms with Crippen LogP contribution in [0.15, 0.2) is 0 Å². The van der Waals surface area contributed by atoms with Crippen LogP contribution in [0.4, 0.5) is 0 Å². The second kappa shape index (κ2) is 16.1. The van der Waals surface area contributed by atoms with E-state index in [-0.39, 0.29) is 6.61 Å². The highest BCUT2D eigenvalue weighted by Crippen LogP contribution is 1.87. The molecule has 6 heteroatoms.